The number of carbonyl (C=O) groups excluding carboxylic acids is 1. The molecule has 0 bridgehead atoms. The van der Waals surface area contributed by atoms with Gasteiger partial charge in [-0.05, 0) is 44.0 Å². The second-order valence-corrected chi connectivity index (χ2v) is 8.17. The van der Waals surface area contributed by atoms with Crippen molar-refractivity contribution in [3.8, 4) is 11.4 Å². The highest BCUT2D eigenvalue weighted by Crippen LogP contribution is 2.22. The van der Waals surface area contributed by atoms with Gasteiger partial charge in [0, 0.05) is 23.7 Å². The van der Waals surface area contributed by atoms with Gasteiger partial charge in [-0.1, -0.05) is 58.7 Å². The number of halogens is 1. The first-order valence-corrected chi connectivity index (χ1v) is 10.6. The molecule has 1 N–H and O–H groups in total. The molecule has 0 aliphatic carbocycles. The number of hydrogen-bond acceptors (Lipinski definition) is 5. The van der Waals surface area contributed by atoms with Crippen molar-refractivity contribution in [3.63, 3.8) is 0 Å². The highest BCUT2D eigenvalue weighted by molar-refractivity contribution is 6.31. The predicted octanol–water partition coefficient (Wildman–Crippen LogP) is 4.23. The van der Waals surface area contributed by atoms with E-state index in [0.29, 0.717) is 11.7 Å². The number of nitrogens with zero attached hydrogens (tertiary/aromatic N) is 3. The van der Waals surface area contributed by atoms with Crippen LogP contribution in [-0.4, -0.2) is 34.0 Å². The minimum Gasteiger partial charge on any atom is -0.347 e. The molecule has 2 heterocycles. The molecule has 1 aromatic heterocycles. The van der Waals surface area contributed by atoms with Gasteiger partial charge >= 0.3 is 0 Å². The fourth-order valence-electron chi connectivity index (χ4n) is 3.82. The summed E-state index contributed by atoms with van der Waals surface area (Å²) in [4.78, 5) is 19.4. The number of hydrogen-bond donors (Lipinski definition) is 1. The Balaban J connectivity index is 1.31. The summed E-state index contributed by atoms with van der Waals surface area (Å²) in [6.45, 7) is 4.70. The van der Waals surface area contributed by atoms with E-state index in [0.717, 1.165) is 54.2 Å². The van der Waals surface area contributed by atoms with E-state index in [1.54, 1.807) is 0 Å². The molecular weight excluding hydrogens is 400 g/mol. The Bertz CT molecular complexity index is 1020. The van der Waals surface area contributed by atoms with Crippen LogP contribution in [0.2, 0.25) is 5.02 Å². The van der Waals surface area contributed by atoms with Gasteiger partial charge < -0.3 is 9.84 Å². The Kier molecular flexibility index (Phi) is 6.45. The average molecular weight is 425 g/mol. The number of benzene rings is 2. The summed E-state index contributed by atoms with van der Waals surface area (Å²) in [5.74, 6) is 0.907. The minimum atomic E-state index is -0.0552. The molecular formula is C23H25ClN4O2. The zero-order valence-electron chi connectivity index (χ0n) is 17.0. The van der Waals surface area contributed by atoms with Gasteiger partial charge in [-0.2, -0.15) is 4.98 Å². The molecule has 1 atom stereocenters. The first-order chi connectivity index (χ1) is 14.6. The monoisotopic (exact) mass is 424 g/mol. The summed E-state index contributed by atoms with van der Waals surface area (Å²) < 4.78 is 5.31. The molecule has 4 rings (SSSR count). The average Bonchev–Trinajstić information content (AvgIpc) is 3.23. The zero-order chi connectivity index (χ0) is 20.9. The highest BCUT2D eigenvalue weighted by atomic mass is 35.5. The van der Waals surface area contributed by atoms with Gasteiger partial charge in [0.05, 0.1) is 12.5 Å². The molecule has 2 aromatic carbocycles. The largest absolute Gasteiger partial charge is 0.347 e. The lowest BCUT2D eigenvalue weighted by atomic mass is 9.96. The van der Waals surface area contributed by atoms with Crippen LogP contribution in [0, 0.1) is 12.8 Å². The SMILES string of the molecule is Cc1cccc(-c2noc(CNC(=O)[C@H]3CCCN(Cc4ccccc4Cl)C3)n2)c1. The van der Waals surface area contributed by atoms with Gasteiger partial charge in [-0.3, -0.25) is 9.69 Å². The summed E-state index contributed by atoms with van der Waals surface area (Å²) >= 11 is 6.29. The second kappa shape index (κ2) is 9.41. The van der Waals surface area contributed by atoms with Crippen molar-refractivity contribution in [3.05, 3.63) is 70.6 Å². The number of aromatic nitrogens is 2. The van der Waals surface area contributed by atoms with Crippen LogP contribution in [0.3, 0.4) is 0 Å². The van der Waals surface area contributed by atoms with Gasteiger partial charge in [0.15, 0.2) is 0 Å². The van der Waals surface area contributed by atoms with E-state index in [4.69, 9.17) is 16.1 Å². The molecule has 156 valence electrons. The first kappa shape index (κ1) is 20.6. The summed E-state index contributed by atoms with van der Waals surface area (Å²) in [6.07, 6.45) is 1.86. The zero-order valence-corrected chi connectivity index (χ0v) is 17.7. The summed E-state index contributed by atoms with van der Waals surface area (Å²) in [5.41, 5.74) is 3.12. The normalized spacial score (nSPS) is 17.1. The molecule has 1 fully saturated rings. The predicted molar refractivity (Wildman–Crippen MR) is 116 cm³/mol. The van der Waals surface area contributed by atoms with Gasteiger partial charge in [0.1, 0.15) is 0 Å². The molecule has 0 unspecified atom stereocenters. The van der Waals surface area contributed by atoms with Crippen LogP contribution in [0.25, 0.3) is 11.4 Å². The van der Waals surface area contributed by atoms with Crippen molar-refractivity contribution in [1.29, 1.82) is 0 Å². The number of nitrogens with one attached hydrogen (secondary N) is 1. The lowest BCUT2D eigenvalue weighted by molar-refractivity contribution is -0.127. The molecule has 7 heteroatoms. The van der Waals surface area contributed by atoms with E-state index in [9.17, 15) is 4.79 Å². The fourth-order valence-corrected chi connectivity index (χ4v) is 4.01. The van der Waals surface area contributed by atoms with Crippen molar-refractivity contribution < 1.29 is 9.32 Å². The van der Waals surface area contributed by atoms with Crippen LogP contribution in [0.1, 0.15) is 29.9 Å². The van der Waals surface area contributed by atoms with Crippen LogP contribution in [0.5, 0.6) is 0 Å². The van der Waals surface area contributed by atoms with Gasteiger partial charge in [0.25, 0.3) is 0 Å². The number of piperidine rings is 1. The summed E-state index contributed by atoms with van der Waals surface area (Å²) in [7, 11) is 0. The van der Waals surface area contributed by atoms with Crippen LogP contribution in [-0.2, 0) is 17.9 Å². The Hall–Kier alpha value is -2.70. The van der Waals surface area contributed by atoms with Crippen molar-refractivity contribution in [2.45, 2.75) is 32.9 Å². The molecule has 1 aliphatic rings. The molecule has 0 saturated carbocycles. The van der Waals surface area contributed by atoms with Crippen molar-refractivity contribution in [1.82, 2.24) is 20.4 Å². The second-order valence-electron chi connectivity index (χ2n) is 7.76. The van der Waals surface area contributed by atoms with Crippen LogP contribution >= 0.6 is 11.6 Å². The van der Waals surface area contributed by atoms with Gasteiger partial charge in [0.2, 0.25) is 17.6 Å². The van der Waals surface area contributed by atoms with E-state index < -0.39 is 0 Å². The standard InChI is InChI=1S/C23H25ClN4O2/c1-16-6-4-8-17(12-16)22-26-21(30-27-22)13-25-23(29)19-9-5-11-28(15-19)14-18-7-2-3-10-20(18)24/h2-4,6-8,10,12,19H,5,9,11,13-15H2,1H3,(H,25,29)/t19-/m0/s1. The number of aryl methyl sites for hydroxylation is 1. The molecule has 0 spiro atoms. The topological polar surface area (TPSA) is 71.3 Å². The third-order valence-corrected chi connectivity index (χ3v) is 5.76. The van der Waals surface area contributed by atoms with E-state index in [1.807, 2.05) is 55.5 Å². The lowest BCUT2D eigenvalue weighted by Gasteiger charge is -2.32. The lowest BCUT2D eigenvalue weighted by Crippen LogP contribution is -2.42. The van der Waals surface area contributed by atoms with E-state index in [2.05, 4.69) is 20.4 Å². The molecule has 1 amide bonds. The molecule has 30 heavy (non-hydrogen) atoms. The fraction of sp³-hybridized carbons (Fsp3) is 0.348. The number of amides is 1. The van der Waals surface area contributed by atoms with Crippen LogP contribution in [0.15, 0.2) is 53.1 Å². The third-order valence-electron chi connectivity index (χ3n) is 5.39. The maximum Gasteiger partial charge on any atom is 0.246 e. The Morgan fingerprint density at radius 2 is 2.13 bits per heavy atom. The Morgan fingerprint density at radius 3 is 2.97 bits per heavy atom. The summed E-state index contributed by atoms with van der Waals surface area (Å²) in [5, 5.41) is 7.75. The number of carbonyl (C=O) groups is 1. The Labute approximate surface area is 181 Å². The Morgan fingerprint density at radius 1 is 1.27 bits per heavy atom. The van der Waals surface area contributed by atoms with Crippen molar-refractivity contribution >= 4 is 17.5 Å². The maximum atomic E-state index is 12.7. The van der Waals surface area contributed by atoms with Crippen molar-refractivity contribution in [2.75, 3.05) is 13.1 Å². The molecule has 1 saturated heterocycles. The maximum absolute atomic E-state index is 12.7. The van der Waals surface area contributed by atoms with Crippen molar-refractivity contribution in [2.24, 2.45) is 5.92 Å². The van der Waals surface area contributed by atoms with Crippen LogP contribution < -0.4 is 5.32 Å². The third kappa shape index (κ3) is 5.07. The number of likely N-dealkylation sites (tertiary alicyclic amines) is 1. The highest BCUT2D eigenvalue weighted by Gasteiger charge is 2.26. The smallest absolute Gasteiger partial charge is 0.246 e. The summed E-state index contributed by atoms with van der Waals surface area (Å²) in [6, 6.07) is 15.8. The molecule has 0 radical (unpaired) electrons. The minimum absolute atomic E-state index is 0.0224. The van der Waals surface area contributed by atoms with Crippen LogP contribution in [0.4, 0.5) is 0 Å². The van der Waals surface area contributed by atoms with E-state index in [1.165, 1.54) is 0 Å². The van der Waals surface area contributed by atoms with Gasteiger partial charge in [-0.15, -0.1) is 0 Å². The molecule has 6 nitrogen and oxygen atoms in total. The first-order valence-electron chi connectivity index (χ1n) is 10.2. The molecule has 3 aromatic rings. The quantitative estimate of drug-likeness (QED) is 0.641. The number of rotatable bonds is 6. The van der Waals surface area contributed by atoms with E-state index in [-0.39, 0.29) is 18.4 Å². The van der Waals surface area contributed by atoms with Gasteiger partial charge in [-0.25, -0.2) is 0 Å². The molecule has 1 aliphatic heterocycles. The van der Waals surface area contributed by atoms with E-state index >= 15 is 0 Å².